The molecule has 0 aliphatic carbocycles. The van der Waals surface area contributed by atoms with Gasteiger partial charge in [0, 0.05) is 12.7 Å². The first-order valence-corrected chi connectivity index (χ1v) is 4.89. The van der Waals surface area contributed by atoms with Crippen molar-refractivity contribution in [3.63, 3.8) is 0 Å². The molecule has 0 bridgehead atoms. The summed E-state index contributed by atoms with van der Waals surface area (Å²) >= 11 is 4.89. The third kappa shape index (κ3) is 3.40. The Hall–Kier alpha value is -0.720. The smallest absolute Gasteiger partial charge is 0.273 e. The Morgan fingerprint density at radius 2 is 2.40 bits per heavy atom. The Morgan fingerprint density at radius 3 is 2.80 bits per heavy atom. The lowest BCUT2D eigenvalue weighted by molar-refractivity contribution is 0.0502. The van der Waals surface area contributed by atoms with Crippen molar-refractivity contribution in [1.29, 1.82) is 0 Å². The predicted octanol–water partition coefficient (Wildman–Crippen LogP) is 1.11. The number of nitrogens with one attached hydrogen (secondary N) is 1. The van der Waals surface area contributed by atoms with E-state index in [2.05, 4.69) is 5.10 Å². The van der Waals surface area contributed by atoms with Crippen LogP contribution >= 0.6 is 11.6 Å². The van der Waals surface area contributed by atoms with Crippen LogP contribution in [0.2, 0.25) is 0 Å². The summed E-state index contributed by atoms with van der Waals surface area (Å²) in [5, 5.41) is 0.592. The molecule has 86 valence electrons. The second-order valence-corrected chi connectivity index (χ2v) is 3.67. The molecule has 3 N–H and O–H groups in total. The summed E-state index contributed by atoms with van der Waals surface area (Å²) in [5.41, 5.74) is 2.67. The van der Waals surface area contributed by atoms with Crippen LogP contribution in [-0.2, 0) is 13.0 Å². The summed E-state index contributed by atoms with van der Waals surface area (Å²) in [4.78, 5) is 0. The highest BCUT2D eigenvalue weighted by Crippen LogP contribution is 2.25. The molecule has 0 saturated carbocycles. The fourth-order valence-corrected chi connectivity index (χ4v) is 1.33. The van der Waals surface area contributed by atoms with Crippen LogP contribution in [0.3, 0.4) is 0 Å². The first-order valence-electron chi connectivity index (χ1n) is 4.51. The predicted molar refractivity (Wildman–Crippen MR) is 53.5 cm³/mol. The van der Waals surface area contributed by atoms with Gasteiger partial charge < -0.3 is 0 Å². The van der Waals surface area contributed by atoms with Gasteiger partial charge in [-0.2, -0.15) is 13.9 Å². The average molecular weight is 239 g/mol. The number of hydrazine groups is 1. The summed E-state index contributed by atoms with van der Waals surface area (Å²) < 4.78 is 27.2. The van der Waals surface area contributed by atoms with Gasteiger partial charge in [0.25, 0.3) is 0 Å². The third-order valence-corrected chi connectivity index (χ3v) is 2.31. The van der Waals surface area contributed by atoms with E-state index in [1.54, 1.807) is 10.9 Å². The van der Waals surface area contributed by atoms with Crippen molar-refractivity contribution in [1.82, 2.24) is 15.2 Å². The molecule has 0 fully saturated rings. The number of nitrogens with two attached hydrogens (primary N) is 1. The molecule has 1 heterocycles. The van der Waals surface area contributed by atoms with Gasteiger partial charge in [-0.3, -0.25) is 10.5 Å². The number of aryl methyl sites for hydroxylation is 1. The van der Waals surface area contributed by atoms with E-state index in [-0.39, 0.29) is 6.42 Å². The SMILES string of the molecule is CCn1cc(CC(NN)C(F)(F)Cl)cn1. The molecule has 0 spiro atoms. The lowest BCUT2D eigenvalue weighted by Crippen LogP contribution is -2.46. The van der Waals surface area contributed by atoms with E-state index in [4.69, 9.17) is 17.4 Å². The Labute approximate surface area is 91.4 Å². The molecule has 1 aromatic rings. The molecule has 0 amide bonds. The summed E-state index contributed by atoms with van der Waals surface area (Å²) in [6, 6.07) is -1.30. The van der Waals surface area contributed by atoms with Crippen molar-refractivity contribution < 1.29 is 8.78 Å². The van der Waals surface area contributed by atoms with E-state index < -0.39 is 11.4 Å². The summed E-state index contributed by atoms with van der Waals surface area (Å²) in [7, 11) is 0. The molecular formula is C8H13ClF2N4. The monoisotopic (exact) mass is 238 g/mol. The van der Waals surface area contributed by atoms with Crippen LogP contribution in [0, 0.1) is 0 Å². The summed E-state index contributed by atoms with van der Waals surface area (Å²) in [5.74, 6) is 5.00. The zero-order valence-corrected chi connectivity index (χ0v) is 9.01. The fourth-order valence-electron chi connectivity index (χ4n) is 1.19. The average Bonchev–Trinajstić information content (AvgIpc) is 2.59. The molecule has 0 saturated heterocycles. The summed E-state index contributed by atoms with van der Waals surface area (Å²) in [6.45, 7) is 2.60. The highest BCUT2D eigenvalue weighted by molar-refractivity contribution is 6.22. The normalized spacial score (nSPS) is 14.2. The molecule has 0 radical (unpaired) electrons. The first-order chi connectivity index (χ1) is 6.97. The Morgan fingerprint density at radius 1 is 1.73 bits per heavy atom. The molecule has 1 aromatic heterocycles. The van der Waals surface area contributed by atoms with Gasteiger partial charge in [-0.25, -0.2) is 5.43 Å². The lowest BCUT2D eigenvalue weighted by atomic mass is 10.1. The second kappa shape index (κ2) is 4.87. The van der Waals surface area contributed by atoms with Crippen LogP contribution in [-0.4, -0.2) is 21.2 Å². The number of hydrogen-bond acceptors (Lipinski definition) is 3. The van der Waals surface area contributed by atoms with Gasteiger partial charge in [-0.05, 0) is 30.5 Å². The van der Waals surface area contributed by atoms with Crippen LogP contribution in [0.5, 0.6) is 0 Å². The van der Waals surface area contributed by atoms with Crippen LogP contribution < -0.4 is 11.3 Å². The van der Waals surface area contributed by atoms with Gasteiger partial charge in [0.1, 0.15) is 6.04 Å². The van der Waals surface area contributed by atoms with E-state index in [0.717, 1.165) is 0 Å². The number of hydrogen-bond donors (Lipinski definition) is 2. The zero-order valence-electron chi connectivity index (χ0n) is 8.25. The fraction of sp³-hybridized carbons (Fsp3) is 0.625. The number of nitrogens with zero attached hydrogens (tertiary/aromatic N) is 2. The van der Waals surface area contributed by atoms with Crippen molar-refractivity contribution >= 4 is 11.6 Å². The zero-order chi connectivity index (χ0) is 11.5. The van der Waals surface area contributed by atoms with E-state index in [0.29, 0.717) is 12.1 Å². The highest BCUT2D eigenvalue weighted by Gasteiger charge is 2.36. The molecule has 0 aliphatic heterocycles. The molecule has 15 heavy (non-hydrogen) atoms. The van der Waals surface area contributed by atoms with E-state index in [1.807, 2.05) is 12.3 Å². The minimum Gasteiger partial charge on any atom is -0.273 e. The van der Waals surface area contributed by atoms with Gasteiger partial charge in [-0.1, -0.05) is 0 Å². The van der Waals surface area contributed by atoms with Crippen molar-refractivity contribution in [3.8, 4) is 0 Å². The van der Waals surface area contributed by atoms with Gasteiger partial charge in [0.05, 0.1) is 6.20 Å². The Bertz CT molecular complexity index is 310. The topological polar surface area (TPSA) is 55.9 Å². The highest BCUT2D eigenvalue weighted by atomic mass is 35.5. The number of halogens is 3. The standard InChI is InChI=1S/C8H13ClF2N4/c1-2-15-5-6(4-13-15)3-7(14-12)8(9,10)11/h4-5,7,14H,2-3,12H2,1H3. The molecule has 4 nitrogen and oxygen atoms in total. The molecule has 7 heteroatoms. The van der Waals surface area contributed by atoms with Gasteiger partial charge in [0.15, 0.2) is 0 Å². The molecule has 1 unspecified atom stereocenters. The minimum atomic E-state index is -3.37. The van der Waals surface area contributed by atoms with Crippen LogP contribution in [0.4, 0.5) is 8.78 Å². The number of alkyl halides is 3. The quantitative estimate of drug-likeness (QED) is 0.459. The molecule has 0 aliphatic rings. The van der Waals surface area contributed by atoms with Gasteiger partial charge >= 0.3 is 5.38 Å². The lowest BCUT2D eigenvalue weighted by Gasteiger charge is -2.19. The molecule has 1 rings (SSSR count). The largest absolute Gasteiger partial charge is 0.338 e. The first kappa shape index (κ1) is 12.4. The second-order valence-electron chi connectivity index (χ2n) is 3.17. The minimum absolute atomic E-state index is 0.0347. The maximum Gasteiger partial charge on any atom is 0.338 e. The number of aromatic nitrogens is 2. The Balaban J connectivity index is 2.67. The number of rotatable bonds is 5. The van der Waals surface area contributed by atoms with Crippen molar-refractivity contribution in [2.24, 2.45) is 5.84 Å². The van der Waals surface area contributed by atoms with E-state index in [9.17, 15) is 8.78 Å². The Kier molecular flexibility index (Phi) is 4.01. The van der Waals surface area contributed by atoms with Crippen molar-refractivity contribution in [2.75, 3.05) is 0 Å². The molecular weight excluding hydrogens is 226 g/mol. The molecule has 0 aromatic carbocycles. The maximum atomic E-state index is 12.8. The van der Waals surface area contributed by atoms with Crippen LogP contribution in [0.1, 0.15) is 12.5 Å². The van der Waals surface area contributed by atoms with Crippen LogP contribution in [0.15, 0.2) is 12.4 Å². The van der Waals surface area contributed by atoms with Crippen molar-refractivity contribution in [2.45, 2.75) is 31.3 Å². The van der Waals surface area contributed by atoms with E-state index in [1.165, 1.54) is 6.20 Å². The third-order valence-electron chi connectivity index (χ3n) is 2.05. The van der Waals surface area contributed by atoms with Crippen LogP contribution in [0.25, 0.3) is 0 Å². The summed E-state index contributed by atoms with van der Waals surface area (Å²) in [6.07, 6.45) is 3.25. The van der Waals surface area contributed by atoms with Crippen molar-refractivity contribution in [3.05, 3.63) is 18.0 Å². The van der Waals surface area contributed by atoms with E-state index >= 15 is 0 Å². The van der Waals surface area contributed by atoms with Gasteiger partial charge in [-0.15, -0.1) is 0 Å². The molecule has 1 atom stereocenters. The van der Waals surface area contributed by atoms with Gasteiger partial charge in [0.2, 0.25) is 0 Å². The maximum absolute atomic E-state index is 12.8.